The Kier molecular flexibility index (Phi) is 7.46. The third-order valence-electron chi connectivity index (χ3n) is 2.71. The minimum atomic E-state index is -3.08. The molecule has 2 atom stereocenters. The second-order valence-electron chi connectivity index (χ2n) is 6.48. The van der Waals surface area contributed by atoms with Crippen molar-refractivity contribution in [2.75, 3.05) is 0 Å². The molecule has 126 valence electrons. The van der Waals surface area contributed by atoms with Crippen LogP contribution in [0.4, 0.5) is 0 Å². The van der Waals surface area contributed by atoms with E-state index in [0.717, 1.165) is 0 Å². The topological polar surface area (TPSA) is 61.8 Å². The molecule has 0 aromatic carbocycles. The van der Waals surface area contributed by atoms with Gasteiger partial charge in [-0.1, -0.05) is 20.1 Å². The summed E-state index contributed by atoms with van der Waals surface area (Å²) in [5.41, 5.74) is -0.000243. The van der Waals surface area contributed by atoms with Crippen LogP contribution in [-0.4, -0.2) is 34.5 Å². The van der Waals surface area contributed by atoms with Gasteiger partial charge >= 0.3 is 20.5 Å². The van der Waals surface area contributed by atoms with Crippen molar-refractivity contribution in [1.82, 2.24) is 0 Å². The molecule has 0 bridgehead atoms. The maximum absolute atomic E-state index is 12.0. The number of hydrogen-bond acceptors (Lipinski definition) is 5. The van der Waals surface area contributed by atoms with E-state index in [0.29, 0.717) is 17.6 Å². The van der Waals surface area contributed by atoms with Crippen molar-refractivity contribution in [2.24, 2.45) is 0 Å². The molecule has 2 unspecified atom stereocenters. The molecule has 0 aromatic heterocycles. The first-order valence-electron chi connectivity index (χ1n) is 7.28. The summed E-state index contributed by atoms with van der Waals surface area (Å²) >= 11 is 0. The Bertz CT molecular complexity index is 467. The summed E-state index contributed by atoms with van der Waals surface area (Å²) < 4.78 is 17.2. The highest BCUT2D eigenvalue weighted by molar-refractivity contribution is 6.83. The molecule has 5 nitrogen and oxygen atoms in total. The van der Waals surface area contributed by atoms with Gasteiger partial charge in [0.25, 0.3) is 0 Å². The molecular formula is C15H28O5Si2. The summed E-state index contributed by atoms with van der Waals surface area (Å²) in [5.74, 6) is -1.02. The lowest BCUT2D eigenvalue weighted by Crippen LogP contribution is -2.58. The Hall–Kier alpha value is -1.19. The predicted molar refractivity (Wildman–Crippen MR) is 91.9 cm³/mol. The second-order valence-corrected chi connectivity index (χ2v) is 14.4. The number of hydrogen-bond donors (Lipinski definition) is 0. The van der Waals surface area contributed by atoms with Crippen molar-refractivity contribution in [2.45, 2.75) is 59.1 Å². The van der Waals surface area contributed by atoms with Crippen molar-refractivity contribution < 1.29 is 22.9 Å². The summed E-state index contributed by atoms with van der Waals surface area (Å²) in [4.78, 5) is 23.8. The third kappa shape index (κ3) is 6.72. The van der Waals surface area contributed by atoms with Gasteiger partial charge in [0.2, 0.25) is 0 Å². The van der Waals surface area contributed by atoms with E-state index in [2.05, 4.69) is 13.2 Å². The third-order valence-corrected chi connectivity index (χ3v) is 9.06. The van der Waals surface area contributed by atoms with Crippen LogP contribution in [0.1, 0.15) is 27.2 Å². The summed E-state index contributed by atoms with van der Waals surface area (Å²) in [5, 5.41) is 0. The average molecular weight is 345 g/mol. The fourth-order valence-corrected chi connectivity index (χ4v) is 9.12. The van der Waals surface area contributed by atoms with Crippen LogP contribution in [-0.2, 0) is 22.9 Å². The van der Waals surface area contributed by atoms with Crippen LogP contribution in [0.15, 0.2) is 24.3 Å². The lowest BCUT2D eigenvalue weighted by atomic mass is 10.4. The lowest BCUT2D eigenvalue weighted by Gasteiger charge is -2.37. The minimum Gasteiger partial charge on any atom is -0.489 e. The van der Waals surface area contributed by atoms with Gasteiger partial charge in [0, 0.05) is 11.1 Å². The maximum atomic E-state index is 12.0. The first kappa shape index (κ1) is 20.8. The molecule has 0 saturated carbocycles. The zero-order valence-corrected chi connectivity index (χ0v) is 16.7. The molecule has 0 radical (unpaired) electrons. The molecule has 0 rings (SSSR count). The van der Waals surface area contributed by atoms with E-state index in [-0.39, 0.29) is 0 Å². The van der Waals surface area contributed by atoms with Crippen molar-refractivity contribution >= 4 is 28.8 Å². The number of rotatable bonds is 8. The molecule has 0 aliphatic heterocycles. The van der Waals surface area contributed by atoms with Crippen LogP contribution in [0.25, 0.3) is 0 Å². The van der Waals surface area contributed by atoms with Crippen LogP contribution in [0.2, 0.25) is 26.2 Å². The smallest absolute Gasteiger partial charge is 0.430 e. The molecule has 0 amide bonds. The summed E-state index contributed by atoms with van der Waals surface area (Å²) in [7, 11) is -5.09. The maximum Gasteiger partial charge on any atom is 0.430 e. The largest absolute Gasteiger partial charge is 0.489 e. The van der Waals surface area contributed by atoms with E-state index in [1.807, 2.05) is 26.6 Å². The van der Waals surface area contributed by atoms with Gasteiger partial charge in [0.1, 0.15) is 0 Å². The first-order valence-corrected chi connectivity index (χ1v) is 13.1. The molecule has 0 aliphatic carbocycles. The Labute approximate surface area is 135 Å². The van der Waals surface area contributed by atoms with Gasteiger partial charge in [0.15, 0.2) is 14.0 Å². The molecule has 0 saturated heterocycles. The molecule has 0 aromatic rings. The zero-order valence-electron chi connectivity index (χ0n) is 14.7. The van der Waals surface area contributed by atoms with Crippen molar-refractivity contribution in [3.05, 3.63) is 24.3 Å². The van der Waals surface area contributed by atoms with E-state index in [1.54, 1.807) is 20.4 Å². The van der Waals surface area contributed by atoms with Gasteiger partial charge in [-0.2, -0.15) is 0 Å². The van der Waals surface area contributed by atoms with Gasteiger partial charge in [-0.25, -0.2) is 9.59 Å². The normalized spacial score (nSPS) is 15.4. The fraction of sp³-hybridized carbons (Fsp3) is 0.600. The Balaban J connectivity index is 5.50. The van der Waals surface area contributed by atoms with Crippen LogP contribution in [0.5, 0.6) is 0 Å². The molecule has 7 heteroatoms. The van der Waals surface area contributed by atoms with Gasteiger partial charge in [-0.05, 0) is 46.5 Å². The summed E-state index contributed by atoms with van der Waals surface area (Å²) in [6.07, 6.45) is 0.496. The van der Waals surface area contributed by atoms with Crippen molar-refractivity contribution in [1.29, 1.82) is 0 Å². The zero-order chi connectivity index (χ0) is 17.7. The van der Waals surface area contributed by atoms with Crippen LogP contribution >= 0.6 is 0 Å². The van der Waals surface area contributed by atoms with Crippen LogP contribution in [0.3, 0.4) is 0 Å². The van der Waals surface area contributed by atoms with Gasteiger partial charge in [-0.3, -0.25) is 0 Å². The number of ether oxygens (including phenoxy) is 1. The number of esters is 1. The summed E-state index contributed by atoms with van der Waals surface area (Å²) in [6.45, 7) is 19.9. The Morgan fingerprint density at radius 2 is 1.45 bits per heavy atom. The Morgan fingerprint density at radius 3 is 1.77 bits per heavy atom. The van der Waals surface area contributed by atoms with E-state index >= 15 is 0 Å². The molecular weight excluding hydrogens is 316 g/mol. The average Bonchev–Trinajstić information content (AvgIpc) is 2.32. The number of carbonyl (C=O) groups is 2. The molecule has 0 fully saturated rings. The van der Waals surface area contributed by atoms with Crippen molar-refractivity contribution in [3.63, 3.8) is 0 Å². The first-order chi connectivity index (χ1) is 9.82. The monoisotopic (exact) mass is 344 g/mol. The van der Waals surface area contributed by atoms with Gasteiger partial charge in [0.05, 0.1) is 0 Å². The molecule has 0 aliphatic rings. The van der Waals surface area contributed by atoms with E-state index in [4.69, 9.17) is 13.3 Å². The lowest BCUT2D eigenvalue weighted by molar-refractivity contribution is -0.144. The Morgan fingerprint density at radius 1 is 1.00 bits per heavy atom. The van der Waals surface area contributed by atoms with Gasteiger partial charge < -0.3 is 13.3 Å². The van der Waals surface area contributed by atoms with E-state index in [9.17, 15) is 9.59 Å². The minimum absolute atomic E-state index is 0.291. The fourth-order valence-electron chi connectivity index (χ4n) is 1.82. The highest BCUT2D eigenvalue weighted by Crippen LogP contribution is 2.25. The molecule has 22 heavy (non-hydrogen) atoms. The van der Waals surface area contributed by atoms with Crippen molar-refractivity contribution in [3.8, 4) is 0 Å². The van der Waals surface area contributed by atoms with Gasteiger partial charge in [-0.15, -0.1) is 0 Å². The molecule has 0 N–H and O–H groups in total. The standard InChI is InChI=1S/C15H28O5Si2/c1-10-13(18-14(16)11(2)3)22(9,20-21(6,7)8)19-15(17)12(4)5/h13H,2,4,10H2,1,3,5-9H3. The molecule has 0 spiro atoms. The van der Waals surface area contributed by atoms with Crippen LogP contribution in [0, 0.1) is 0 Å². The highest BCUT2D eigenvalue weighted by atomic mass is 28.4. The summed E-state index contributed by atoms with van der Waals surface area (Å²) in [6, 6.07) is 0. The second kappa shape index (κ2) is 7.89. The molecule has 0 heterocycles. The van der Waals surface area contributed by atoms with E-state index in [1.165, 1.54) is 0 Å². The predicted octanol–water partition coefficient (Wildman–Crippen LogP) is 3.47. The van der Waals surface area contributed by atoms with E-state index < -0.39 is 34.5 Å². The number of carbonyl (C=O) groups excluding carboxylic acids is 2. The SMILES string of the molecule is C=C(C)C(=O)OC(CC)[Si](C)(OC(=O)C(=C)C)O[Si](C)(C)C. The quantitative estimate of drug-likeness (QED) is 0.383. The van der Waals surface area contributed by atoms with Crippen LogP contribution < -0.4 is 0 Å². The highest BCUT2D eigenvalue weighted by Gasteiger charge is 2.49.